The van der Waals surface area contributed by atoms with E-state index in [1.165, 1.54) is 23.4 Å². The van der Waals surface area contributed by atoms with Crippen LogP contribution in [0.15, 0.2) is 42.5 Å². The van der Waals surface area contributed by atoms with Crippen LogP contribution in [-0.2, 0) is 9.53 Å². The number of nitrogens with zero attached hydrogens (tertiary/aromatic N) is 1. The van der Waals surface area contributed by atoms with E-state index in [2.05, 4.69) is 4.57 Å². The van der Waals surface area contributed by atoms with Gasteiger partial charge in [-0.3, -0.25) is 4.79 Å². The molecule has 2 heterocycles. The molecule has 32 heavy (non-hydrogen) atoms. The number of aromatic nitrogens is 1. The number of aromatic hydroxyl groups is 1. The first-order valence-corrected chi connectivity index (χ1v) is 11.5. The van der Waals surface area contributed by atoms with Gasteiger partial charge in [0.05, 0.1) is 11.4 Å². The highest BCUT2D eigenvalue weighted by atomic mass is 19.1. The van der Waals surface area contributed by atoms with Crippen molar-refractivity contribution in [3.05, 3.63) is 59.5 Å². The minimum Gasteiger partial charge on any atom is -0.508 e. The molecule has 0 atom stereocenters. The lowest BCUT2D eigenvalue weighted by Crippen LogP contribution is -2.23. The number of rotatable bonds is 4. The third-order valence-corrected chi connectivity index (χ3v) is 7.21. The van der Waals surface area contributed by atoms with E-state index in [1.54, 1.807) is 18.2 Å². The van der Waals surface area contributed by atoms with Crippen LogP contribution in [-0.4, -0.2) is 34.0 Å². The van der Waals surface area contributed by atoms with Crippen LogP contribution in [0.2, 0.25) is 0 Å². The molecule has 0 bridgehead atoms. The van der Waals surface area contributed by atoms with E-state index in [0.717, 1.165) is 42.3 Å². The number of phenols is 1. The lowest BCUT2D eigenvalue weighted by atomic mass is 9.76. The minimum atomic E-state index is -0.709. The second kappa shape index (κ2) is 8.58. The number of benzene rings is 2. The Morgan fingerprint density at radius 2 is 1.62 bits per heavy atom. The van der Waals surface area contributed by atoms with Crippen molar-refractivity contribution in [1.82, 2.24) is 4.57 Å². The minimum absolute atomic E-state index is 0.216. The highest BCUT2D eigenvalue weighted by Crippen LogP contribution is 2.47. The van der Waals surface area contributed by atoms with E-state index in [-0.39, 0.29) is 29.3 Å². The summed E-state index contributed by atoms with van der Waals surface area (Å²) in [6.07, 6.45) is 4.75. The number of fused-ring (bicyclic) bond motifs is 1. The predicted octanol–water partition coefficient (Wildman–Crippen LogP) is 5.73. The fourth-order valence-electron chi connectivity index (χ4n) is 5.62. The van der Waals surface area contributed by atoms with Gasteiger partial charge in [0.25, 0.3) is 0 Å². The Morgan fingerprint density at radius 3 is 2.28 bits per heavy atom. The van der Waals surface area contributed by atoms with Crippen LogP contribution in [0.1, 0.15) is 61.6 Å². The molecule has 1 aromatic heterocycles. The van der Waals surface area contributed by atoms with Crippen LogP contribution in [0, 0.1) is 11.7 Å². The highest BCUT2D eigenvalue weighted by Gasteiger charge is 2.34. The Balaban J connectivity index is 1.71. The molecule has 1 aliphatic heterocycles. The number of hydrogen-bond acceptors (Lipinski definition) is 3. The second-order valence-electron chi connectivity index (χ2n) is 9.09. The molecule has 6 heteroatoms. The zero-order valence-corrected chi connectivity index (χ0v) is 18.0. The number of carboxylic acid groups (broad SMARTS) is 1. The Morgan fingerprint density at radius 1 is 0.938 bits per heavy atom. The molecule has 0 amide bonds. The van der Waals surface area contributed by atoms with Crippen molar-refractivity contribution in [3.8, 4) is 11.4 Å². The van der Waals surface area contributed by atoms with Gasteiger partial charge < -0.3 is 19.5 Å². The largest absolute Gasteiger partial charge is 0.508 e. The van der Waals surface area contributed by atoms with Crippen LogP contribution in [0.5, 0.6) is 5.75 Å². The van der Waals surface area contributed by atoms with Gasteiger partial charge in [-0.05, 0) is 92.5 Å². The topological polar surface area (TPSA) is 71.7 Å². The fourth-order valence-corrected chi connectivity index (χ4v) is 5.62. The number of aliphatic carboxylic acids is 1. The average Bonchev–Trinajstić information content (AvgIpc) is 3.14. The molecular formula is C26H28FNO4. The summed E-state index contributed by atoms with van der Waals surface area (Å²) in [5.41, 5.74) is 4.32. The Bertz CT molecular complexity index is 1120. The Hall–Kier alpha value is -2.86. The first-order chi connectivity index (χ1) is 15.5. The summed E-state index contributed by atoms with van der Waals surface area (Å²) >= 11 is 0. The molecule has 1 aliphatic carbocycles. The fraction of sp³-hybridized carbons (Fsp3) is 0.423. The van der Waals surface area contributed by atoms with Crippen molar-refractivity contribution in [2.75, 3.05) is 13.2 Å². The number of carbonyl (C=O) groups is 1. The van der Waals surface area contributed by atoms with Gasteiger partial charge >= 0.3 is 5.97 Å². The standard InChI is InChI=1S/C26H28FNO4/c27-19-5-7-20(8-6-19)28-23-10-9-21(29)15-22(23)24(25(28)17-11-13-32-14-12-17)16-1-3-18(4-2-16)26(30)31/h5-10,15-18,29H,1-4,11-14H2,(H,30,31). The van der Waals surface area contributed by atoms with Gasteiger partial charge in [0.2, 0.25) is 0 Å². The van der Waals surface area contributed by atoms with E-state index in [4.69, 9.17) is 4.74 Å². The van der Waals surface area contributed by atoms with Gasteiger partial charge in [0, 0.05) is 35.9 Å². The van der Waals surface area contributed by atoms with Gasteiger partial charge in [0.15, 0.2) is 0 Å². The van der Waals surface area contributed by atoms with Gasteiger partial charge in [-0.25, -0.2) is 4.39 Å². The smallest absolute Gasteiger partial charge is 0.306 e. The van der Waals surface area contributed by atoms with Crippen molar-refractivity contribution < 1.29 is 24.1 Å². The number of ether oxygens (including phenoxy) is 1. The first kappa shape index (κ1) is 21.0. The molecule has 2 fully saturated rings. The van der Waals surface area contributed by atoms with E-state index in [1.807, 2.05) is 12.1 Å². The van der Waals surface area contributed by atoms with Crippen LogP contribution in [0.3, 0.4) is 0 Å². The molecule has 1 saturated carbocycles. The SMILES string of the molecule is O=C(O)C1CCC(c2c(C3CCOCC3)n(-c3ccc(F)cc3)c3ccc(O)cc23)CC1. The molecule has 3 aromatic rings. The maximum absolute atomic E-state index is 13.7. The number of hydrogen-bond donors (Lipinski definition) is 2. The molecule has 5 nitrogen and oxygen atoms in total. The molecule has 168 valence electrons. The molecule has 1 saturated heterocycles. The predicted molar refractivity (Wildman–Crippen MR) is 120 cm³/mol. The first-order valence-electron chi connectivity index (χ1n) is 11.5. The summed E-state index contributed by atoms with van der Waals surface area (Å²) in [7, 11) is 0. The number of carboxylic acids is 1. The van der Waals surface area contributed by atoms with Crippen molar-refractivity contribution in [2.45, 2.75) is 50.4 Å². The van der Waals surface area contributed by atoms with E-state index >= 15 is 0 Å². The van der Waals surface area contributed by atoms with Crippen molar-refractivity contribution in [3.63, 3.8) is 0 Å². The van der Waals surface area contributed by atoms with Gasteiger partial charge in [0.1, 0.15) is 11.6 Å². The molecular weight excluding hydrogens is 409 g/mol. The average molecular weight is 438 g/mol. The molecule has 2 N–H and O–H groups in total. The van der Waals surface area contributed by atoms with Crippen LogP contribution < -0.4 is 0 Å². The zero-order chi connectivity index (χ0) is 22.2. The van der Waals surface area contributed by atoms with Crippen LogP contribution in [0.25, 0.3) is 16.6 Å². The molecule has 0 spiro atoms. The monoisotopic (exact) mass is 437 g/mol. The van der Waals surface area contributed by atoms with Crippen LogP contribution in [0.4, 0.5) is 4.39 Å². The summed E-state index contributed by atoms with van der Waals surface area (Å²) in [5.74, 6) is -0.531. The molecule has 0 radical (unpaired) electrons. The molecule has 5 rings (SSSR count). The van der Waals surface area contributed by atoms with E-state index in [0.29, 0.717) is 26.1 Å². The molecule has 0 unspecified atom stereocenters. The maximum atomic E-state index is 13.7. The van der Waals surface area contributed by atoms with Crippen molar-refractivity contribution in [2.24, 2.45) is 5.92 Å². The normalized spacial score (nSPS) is 22.3. The quantitative estimate of drug-likeness (QED) is 0.547. The Kier molecular flexibility index (Phi) is 5.64. The highest BCUT2D eigenvalue weighted by molar-refractivity contribution is 5.89. The van der Waals surface area contributed by atoms with Gasteiger partial charge in [-0.1, -0.05) is 0 Å². The zero-order valence-electron chi connectivity index (χ0n) is 18.0. The Labute approximate surface area is 186 Å². The molecule has 2 aliphatic rings. The lowest BCUT2D eigenvalue weighted by molar-refractivity contribution is -0.142. The second-order valence-corrected chi connectivity index (χ2v) is 9.09. The summed E-state index contributed by atoms with van der Waals surface area (Å²) < 4.78 is 21.6. The van der Waals surface area contributed by atoms with Gasteiger partial charge in [-0.15, -0.1) is 0 Å². The number of phenolic OH excluding ortho intramolecular Hbond substituents is 1. The van der Waals surface area contributed by atoms with Crippen molar-refractivity contribution >= 4 is 16.9 Å². The summed E-state index contributed by atoms with van der Waals surface area (Å²) in [6.45, 7) is 1.40. The maximum Gasteiger partial charge on any atom is 0.306 e. The molecule has 2 aromatic carbocycles. The summed E-state index contributed by atoms with van der Waals surface area (Å²) in [6, 6.07) is 12.0. The van der Waals surface area contributed by atoms with Crippen molar-refractivity contribution in [1.29, 1.82) is 0 Å². The third-order valence-electron chi connectivity index (χ3n) is 7.21. The number of halogens is 1. The van der Waals surface area contributed by atoms with E-state index < -0.39 is 5.97 Å². The summed E-state index contributed by atoms with van der Waals surface area (Å²) in [5, 5.41) is 20.8. The van der Waals surface area contributed by atoms with E-state index in [9.17, 15) is 19.4 Å². The van der Waals surface area contributed by atoms with Gasteiger partial charge in [-0.2, -0.15) is 0 Å². The lowest BCUT2D eigenvalue weighted by Gasteiger charge is -2.30. The third kappa shape index (κ3) is 3.77. The summed E-state index contributed by atoms with van der Waals surface area (Å²) in [4.78, 5) is 11.5. The van der Waals surface area contributed by atoms with Crippen LogP contribution >= 0.6 is 0 Å².